The Morgan fingerprint density at radius 3 is 2.79 bits per heavy atom. The van der Waals surface area contributed by atoms with Crippen LogP contribution in [0.3, 0.4) is 0 Å². The van der Waals surface area contributed by atoms with Crippen molar-refractivity contribution in [2.24, 2.45) is 0 Å². The van der Waals surface area contributed by atoms with Crippen molar-refractivity contribution in [2.45, 2.75) is 0 Å². The summed E-state index contributed by atoms with van der Waals surface area (Å²) >= 11 is 6.85. The normalized spacial score (nSPS) is 10.5. The van der Waals surface area contributed by atoms with Crippen LogP contribution in [-0.4, -0.2) is 12.1 Å². The zero-order valence-corrected chi connectivity index (χ0v) is 10.6. The van der Waals surface area contributed by atoms with Gasteiger partial charge >= 0.3 is 0 Å². The van der Waals surface area contributed by atoms with Gasteiger partial charge in [-0.2, -0.15) is 0 Å². The van der Waals surface area contributed by atoms with Gasteiger partial charge in [0.2, 0.25) is 0 Å². The van der Waals surface area contributed by atoms with E-state index in [2.05, 4.69) is 36.8 Å². The van der Waals surface area contributed by atoms with Gasteiger partial charge in [-0.1, -0.05) is 0 Å². The first kappa shape index (κ1) is 9.93. The Bertz CT molecular complexity index is 485. The molecule has 0 saturated heterocycles. The maximum absolute atomic E-state index is 5.18. The Balaban J connectivity index is 2.77. The summed E-state index contributed by atoms with van der Waals surface area (Å²) in [5.74, 6) is 0.798. The highest BCUT2D eigenvalue weighted by atomic mass is 79.9. The number of fused-ring (bicyclic) bond motifs is 1. The van der Waals surface area contributed by atoms with Crippen molar-refractivity contribution in [1.82, 2.24) is 4.98 Å². The molecule has 0 aliphatic rings. The number of methoxy groups -OCH3 is 1. The highest BCUT2D eigenvalue weighted by Crippen LogP contribution is 2.32. The number of halogens is 2. The number of rotatable bonds is 1. The number of benzene rings is 1. The van der Waals surface area contributed by atoms with Crippen LogP contribution in [0, 0.1) is 0 Å². The number of aromatic nitrogens is 1. The van der Waals surface area contributed by atoms with Crippen LogP contribution >= 0.6 is 31.9 Å². The number of pyridine rings is 1. The van der Waals surface area contributed by atoms with E-state index in [1.165, 1.54) is 0 Å². The lowest BCUT2D eigenvalue weighted by Gasteiger charge is -2.05. The second-order valence-corrected chi connectivity index (χ2v) is 4.52. The summed E-state index contributed by atoms with van der Waals surface area (Å²) in [6, 6.07) is 5.92. The fraction of sp³-hybridized carbons (Fsp3) is 0.100. The Morgan fingerprint density at radius 2 is 2.07 bits per heavy atom. The molecule has 0 bridgehead atoms. The zero-order valence-electron chi connectivity index (χ0n) is 7.42. The molecule has 0 spiro atoms. The predicted octanol–water partition coefficient (Wildman–Crippen LogP) is 3.77. The minimum atomic E-state index is 0.798. The van der Waals surface area contributed by atoms with Gasteiger partial charge in [-0.25, -0.2) is 0 Å². The topological polar surface area (TPSA) is 22.1 Å². The largest absolute Gasteiger partial charge is 0.495 e. The molecule has 72 valence electrons. The van der Waals surface area contributed by atoms with Crippen molar-refractivity contribution in [1.29, 1.82) is 0 Å². The van der Waals surface area contributed by atoms with Crippen molar-refractivity contribution in [3.05, 3.63) is 33.3 Å². The van der Waals surface area contributed by atoms with Gasteiger partial charge < -0.3 is 4.74 Å². The molecule has 0 N–H and O–H groups in total. The molecule has 1 heterocycles. The minimum Gasteiger partial charge on any atom is -0.495 e. The number of ether oxygens (including phenoxy) is 1. The Hall–Kier alpha value is -0.610. The van der Waals surface area contributed by atoms with Crippen molar-refractivity contribution in [2.75, 3.05) is 7.11 Å². The van der Waals surface area contributed by atoms with Gasteiger partial charge in [0, 0.05) is 16.1 Å². The zero-order chi connectivity index (χ0) is 10.1. The monoisotopic (exact) mass is 315 g/mol. The maximum Gasteiger partial charge on any atom is 0.135 e. The van der Waals surface area contributed by atoms with Gasteiger partial charge in [0.05, 0.1) is 17.1 Å². The molecule has 2 aromatic rings. The van der Waals surface area contributed by atoms with E-state index >= 15 is 0 Å². The lowest BCUT2D eigenvalue weighted by Crippen LogP contribution is -1.87. The third-order valence-corrected chi connectivity index (χ3v) is 3.14. The van der Waals surface area contributed by atoms with Crippen LogP contribution in [0.1, 0.15) is 0 Å². The summed E-state index contributed by atoms with van der Waals surface area (Å²) < 4.78 is 7.05. The lowest BCUT2D eigenvalue weighted by molar-refractivity contribution is 0.413. The molecule has 0 unspecified atom stereocenters. The molecule has 0 radical (unpaired) electrons. The van der Waals surface area contributed by atoms with Crippen LogP contribution < -0.4 is 4.74 Å². The first-order valence-corrected chi connectivity index (χ1v) is 5.58. The van der Waals surface area contributed by atoms with E-state index < -0.39 is 0 Å². The average molecular weight is 317 g/mol. The SMILES string of the molecule is COc1ccc2cc(Br)cnc2c1Br. The van der Waals surface area contributed by atoms with E-state index in [0.717, 1.165) is 25.6 Å². The highest BCUT2D eigenvalue weighted by Gasteiger charge is 2.06. The van der Waals surface area contributed by atoms with E-state index in [-0.39, 0.29) is 0 Å². The molecule has 14 heavy (non-hydrogen) atoms. The van der Waals surface area contributed by atoms with Gasteiger partial charge in [-0.15, -0.1) is 0 Å². The van der Waals surface area contributed by atoms with Gasteiger partial charge in [0.15, 0.2) is 0 Å². The van der Waals surface area contributed by atoms with Crippen LogP contribution in [-0.2, 0) is 0 Å². The minimum absolute atomic E-state index is 0.798. The molecular formula is C10H7Br2NO. The van der Waals surface area contributed by atoms with Gasteiger partial charge in [0.1, 0.15) is 5.75 Å². The molecule has 1 aromatic carbocycles. The standard InChI is InChI=1S/C10H7Br2NO/c1-14-8-3-2-6-4-7(11)5-13-10(6)9(8)12/h2-5H,1H3. The van der Waals surface area contributed by atoms with E-state index in [9.17, 15) is 0 Å². The summed E-state index contributed by atoms with van der Waals surface area (Å²) in [5, 5.41) is 1.08. The molecule has 4 heteroatoms. The van der Waals surface area contributed by atoms with Crippen molar-refractivity contribution < 1.29 is 4.74 Å². The average Bonchev–Trinajstić information content (AvgIpc) is 2.18. The molecule has 0 saturated carbocycles. The Morgan fingerprint density at radius 1 is 1.29 bits per heavy atom. The molecule has 2 nitrogen and oxygen atoms in total. The van der Waals surface area contributed by atoms with E-state index in [1.807, 2.05) is 18.2 Å². The third kappa shape index (κ3) is 1.64. The number of nitrogens with zero attached hydrogens (tertiary/aromatic N) is 1. The van der Waals surface area contributed by atoms with Crippen molar-refractivity contribution >= 4 is 42.8 Å². The van der Waals surface area contributed by atoms with Gasteiger partial charge in [0.25, 0.3) is 0 Å². The maximum atomic E-state index is 5.18. The highest BCUT2D eigenvalue weighted by molar-refractivity contribution is 9.11. The van der Waals surface area contributed by atoms with Gasteiger partial charge in [-0.05, 0) is 50.1 Å². The second kappa shape index (κ2) is 3.87. The molecule has 0 atom stereocenters. The summed E-state index contributed by atoms with van der Waals surface area (Å²) in [4.78, 5) is 4.32. The molecule has 0 amide bonds. The van der Waals surface area contributed by atoms with Crippen LogP contribution in [0.4, 0.5) is 0 Å². The van der Waals surface area contributed by atoms with E-state index in [4.69, 9.17) is 4.74 Å². The van der Waals surface area contributed by atoms with E-state index in [1.54, 1.807) is 13.3 Å². The van der Waals surface area contributed by atoms with Crippen LogP contribution in [0.25, 0.3) is 10.9 Å². The van der Waals surface area contributed by atoms with E-state index in [0.29, 0.717) is 0 Å². The lowest BCUT2D eigenvalue weighted by atomic mass is 10.2. The van der Waals surface area contributed by atoms with Crippen LogP contribution in [0.15, 0.2) is 33.3 Å². The Labute approximate surface area is 98.5 Å². The first-order chi connectivity index (χ1) is 6.72. The molecule has 0 fully saturated rings. The second-order valence-electron chi connectivity index (χ2n) is 2.81. The Kier molecular flexibility index (Phi) is 2.74. The summed E-state index contributed by atoms with van der Waals surface area (Å²) in [6.07, 6.45) is 1.77. The molecular weight excluding hydrogens is 310 g/mol. The molecule has 0 aliphatic heterocycles. The third-order valence-electron chi connectivity index (χ3n) is 1.94. The number of hydrogen-bond donors (Lipinski definition) is 0. The summed E-state index contributed by atoms with van der Waals surface area (Å²) in [7, 11) is 1.64. The van der Waals surface area contributed by atoms with Crippen LogP contribution in [0.5, 0.6) is 5.75 Å². The predicted molar refractivity (Wildman–Crippen MR) is 63.7 cm³/mol. The summed E-state index contributed by atoms with van der Waals surface area (Å²) in [5.41, 5.74) is 0.910. The number of hydrogen-bond acceptors (Lipinski definition) is 2. The fourth-order valence-electron chi connectivity index (χ4n) is 1.28. The van der Waals surface area contributed by atoms with Crippen molar-refractivity contribution in [3.63, 3.8) is 0 Å². The molecule has 1 aromatic heterocycles. The van der Waals surface area contributed by atoms with Crippen molar-refractivity contribution in [3.8, 4) is 5.75 Å². The molecule has 0 aliphatic carbocycles. The summed E-state index contributed by atoms with van der Waals surface area (Å²) in [6.45, 7) is 0. The van der Waals surface area contributed by atoms with Gasteiger partial charge in [-0.3, -0.25) is 4.98 Å². The smallest absolute Gasteiger partial charge is 0.135 e. The van der Waals surface area contributed by atoms with Crippen LogP contribution in [0.2, 0.25) is 0 Å². The quantitative estimate of drug-likeness (QED) is 0.799. The first-order valence-electron chi connectivity index (χ1n) is 4.00. The fourth-order valence-corrected chi connectivity index (χ4v) is 2.25. The molecule has 2 rings (SSSR count).